The first kappa shape index (κ1) is 38.9. The quantitative estimate of drug-likeness (QED) is 0.137. The predicted octanol–water partition coefficient (Wildman–Crippen LogP) is 10.9. The average molecular weight is 654 g/mol. The molecule has 0 aliphatic heterocycles. The van der Waals surface area contributed by atoms with Crippen molar-refractivity contribution in [3.8, 4) is 0 Å². The second-order valence-corrected chi connectivity index (χ2v) is 15.9. The van der Waals surface area contributed by atoms with Gasteiger partial charge in [0.25, 0.3) is 0 Å². The number of rotatable bonds is 20. The van der Waals surface area contributed by atoms with Gasteiger partial charge in [0.05, 0.1) is 11.7 Å². The molecule has 0 amide bonds. The van der Waals surface area contributed by atoms with Crippen molar-refractivity contribution in [1.29, 1.82) is 0 Å². The number of aromatic nitrogens is 2. The van der Waals surface area contributed by atoms with E-state index in [0.29, 0.717) is 19.3 Å². The van der Waals surface area contributed by atoms with Crippen LogP contribution < -0.4 is 5.32 Å². The minimum Gasteiger partial charge on any atom is -0.481 e. The van der Waals surface area contributed by atoms with Gasteiger partial charge in [-0.1, -0.05) is 84.0 Å². The average Bonchev–Trinajstić information content (AvgIpc) is 3.42. The highest BCUT2D eigenvalue weighted by molar-refractivity contribution is 5.66. The topological polar surface area (TPSA) is 67.2 Å². The van der Waals surface area contributed by atoms with Gasteiger partial charge in [-0.15, -0.1) is 0 Å². The third kappa shape index (κ3) is 13.1. The van der Waals surface area contributed by atoms with Crippen LogP contribution in [0.1, 0.15) is 174 Å². The van der Waals surface area contributed by atoms with E-state index in [1.54, 1.807) is 52.9 Å². The van der Waals surface area contributed by atoms with Crippen molar-refractivity contribution in [2.75, 3.05) is 6.54 Å². The lowest BCUT2D eigenvalue weighted by Gasteiger charge is -2.54. The molecule has 1 heterocycles. The summed E-state index contributed by atoms with van der Waals surface area (Å²) in [7, 11) is 0. The number of nitrogens with one attached hydrogen (secondary N) is 1. The monoisotopic (exact) mass is 654 g/mol. The standard InChI is InChI=1S/C20H37N.C18H29F3N2O2/c1-2-3-4-5-6-7-8-9-10-21-20-18-12-16-11-17(14-18)15-19(20)13-16;1-17(2,3)23-16(18(19,20)21)14(13-22-23)11-9-7-5-4-6-8-10-12-15(24)25/h16-21H,2-15H2,1H3;13H,4-12H2,1-3H3,(H,24,25). The lowest BCUT2D eigenvalue weighted by molar-refractivity contribution is -0.146. The minimum absolute atomic E-state index is 0.206. The molecule has 5 rings (SSSR count). The summed E-state index contributed by atoms with van der Waals surface area (Å²) in [6.07, 6.45) is 23.0. The van der Waals surface area contributed by atoms with E-state index in [0.717, 1.165) is 66.5 Å². The Morgan fingerprint density at radius 2 is 1.30 bits per heavy atom. The van der Waals surface area contributed by atoms with Gasteiger partial charge in [-0.2, -0.15) is 18.3 Å². The first-order valence-corrected chi connectivity index (χ1v) is 19.0. The van der Waals surface area contributed by atoms with Crippen LogP contribution in [0.15, 0.2) is 6.20 Å². The van der Waals surface area contributed by atoms with Gasteiger partial charge in [-0.3, -0.25) is 9.48 Å². The number of carboxylic acid groups (broad SMARTS) is 1. The number of halogens is 3. The SMILES string of the molecule is CC(C)(C)n1ncc(CCCCCCCCCC(=O)O)c1C(F)(F)F.CCCCCCCCCCNC1C2CC3CC(C2)CC1C3. The fraction of sp³-hybridized carbons (Fsp3) is 0.895. The van der Waals surface area contributed by atoms with Gasteiger partial charge in [-0.25, -0.2) is 0 Å². The third-order valence-corrected chi connectivity index (χ3v) is 10.7. The van der Waals surface area contributed by atoms with Crippen molar-refractivity contribution in [3.05, 3.63) is 17.5 Å². The molecule has 0 radical (unpaired) electrons. The van der Waals surface area contributed by atoms with E-state index in [4.69, 9.17) is 5.11 Å². The molecule has 46 heavy (non-hydrogen) atoms. The van der Waals surface area contributed by atoms with E-state index in [-0.39, 0.29) is 12.0 Å². The van der Waals surface area contributed by atoms with Crippen LogP contribution in [0.5, 0.6) is 0 Å². The van der Waals surface area contributed by atoms with Gasteiger partial charge in [0.2, 0.25) is 0 Å². The maximum atomic E-state index is 13.4. The molecule has 0 saturated heterocycles. The molecule has 0 aromatic carbocycles. The fourth-order valence-electron chi connectivity index (χ4n) is 8.64. The highest BCUT2D eigenvalue weighted by Crippen LogP contribution is 2.53. The molecule has 0 spiro atoms. The van der Waals surface area contributed by atoms with Gasteiger partial charge < -0.3 is 10.4 Å². The third-order valence-electron chi connectivity index (χ3n) is 10.7. The number of carbonyl (C=O) groups is 1. The normalized spacial score (nSPS) is 23.8. The number of hydrogen-bond donors (Lipinski definition) is 2. The van der Waals surface area contributed by atoms with Crippen molar-refractivity contribution in [2.45, 2.75) is 187 Å². The van der Waals surface area contributed by atoms with Crippen LogP contribution in [0.2, 0.25) is 0 Å². The van der Waals surface area contributed by atoms with E-state index in [1.807, 2.05) is 0 Å². The zero-order valence-corrected chi connectivity index (χ0v) is 29.6. The number of aliphatic carboxylic acids is 1. The molecule has 2 N–H and O–H groups in total. The molecule has 4 fully saturated rings. The molecule has 5 nitrogen and oxygen atoms in total. The van der Waals surface area contributed by atoms with Crippen molar-refractivity contribution in [1.82, 2.24) is 15.1 Å². The van der Waals surface area contributed by atoms with E-state index in [2.05, 4.69) is 17.3 Å². The second kappa shape index (κ2) is 19.4. The highest BCUT2D eigenvalue weighted by Gasteiger charge is 2.47. The summed E-state index contributed by atoms with van der Waals surface area (Å²) in [6, 6.07) is 0.905. The number of aryl methyl sites for hydroxylation is 1. The Balaban J connectivity index is 0.000000253. The minimum atomic E-state index is -4.40. The molecule has 4 aliphatic carbocycles. The molecule has 0 unspecified atom stereocenters. The van der Waals surface area contributed by atoms with Crippen molar-refractivity contribution < 1.29 is 23.1 Å². The smallest absolute Gasteiger partial charge is 0.433 e. The Labute approximate surface area is 278 Å². The Kier molecular flexibility index (Phi) is 16.4. The fourth-order valence-corrected chi connectivity index (χ4v) is 8.64. The number of carboxylic acids is 1. The number of alkyl halides is 3. The molecular formula is C38H66F3N3O2. The zero-order chi connectivity index (χ0) is 33.6. The molecule has 4 aliphatic rings. The van der Waals surface area contributed by atoms with Crippen LogP contribution in [0, 0.1) is 23.7 Å². The van der Waals surface area contributed by atoms with Gasteiger partial charge in [0, 0.05) is 18.0 Å². The molecule has 1 aromatic heterocycles. The molecule has 1 aromatic rings. The number of hydrogen-bond acceptors (Lipinski definition) is 3. The summed E-state index contributed by atoms with van der Waals surface area (Å²) < 4.78 is 41.2. The van der Waals surface area contributed by atoms with Gasteiger partial charge in [0.15, 0.2) is 0 Å². The molecule has 4 saturated carbocycles. The second-order valence-electron chi connectivity index (χ2n) is 15.9. The summed E-state index contributed by atoms with van der Waals surface area (Å²) in [4.78, 5) is 10.4. The van der Waals surface area contributed by atoms with Crippen molar-refractivity contribution >= 4 is 5.97 Å². The molecule has 266 valence electrons. The van der Waals surface area contributed by atoms with Crippen LogP contribution in [0.25, 0.3) is 0 Å². The number of nitrogens with zero attached hydrogens (tertiary/aromatic N) is 2. The largest absolute Gasteiger partial charge is 0.481 e. The summed E-state index contributed by atoms with van der Waals surface area (Å²) in [6.45, 7) is 8.73. The Morgan fingerprint density at radius 3 is 1.80 bits per heavy atom. The van der Waals surface area contributed by atoms with Crippen LogP contribution in [-0.2, 0) is 22.9 Å². The number of unbranched alkanes of at least 4 members (excludes halogenated alkanes) is 13. The Morgan fingerprint density at radius 1 is 0.804 bits per heavy atom. The van der Waals surface area contributed by atoms with Crippen molar-refractivity contribution in [3.63, 3.8) is 0 Å². The Hall–Kier alpha value is -1.57. The summed E-state index contributed by atoms with van der Waals surface area (Å²) in [5.41, 5.74) is -1.07. The summed E-state index contributed by atoms with van der Waals surface area (Å²) in [5.74, 6) is 3.57. The molecule has 4 bridgehead atoms. The van der Waals surface area contributed by atoms with E-state index in [1.165, 1.54) is 64.1 Å². The first-order valence-electron chi connectivity index (χ1n) is 19.0. The highest BCUT2D eigenvalue weighted by atomic mass is 19.4. The van der Waals surface area contributed by atoms with Gasteiger partial charge >= 0.3 is 12.1 Å². The lowest BCUT2D eigenvalue weighted by Crippen LogP contribution is -2.54. The van der Waals surface area contributed by atoms with Crippen LogP contribution in [0.4, 0.5) is 13.2 Å². The molecule has 0 atom stereocenters. The summed E-state index contributed by atoms with van der Waals surface area (Å²) in [5, 5.41) is 16.5. The van der Waals surface area contributed by atoms with E-state index >= 15 is 0 Å². The van der Waals surface area contributed by atoms with Crippen molar-refractivity contribution in [2.24, 2.45) is 23.7 Å². The van der Waals surface area contributed by atoms with E-state index in [9.17, 15) is 18.0 Å². The maximum absolute atomic E-state index is 13.4. The first-order chi connectivity index (χ1) is 21.9. The zero-order valence-electron chi connectivity index (χ0n) is 29.6. The van der Waals surface area contributed by atoms with Gasteiger partial charge in [0.1, 0.15) is 5.69 Å². The maximum Gasteiger partial charge on any atom is 0.433 e. The van der Waals surface area contributed by atoms with E-state index < -0.39 is 23.4 Å². The van der Waals surface area contributed by atoms with Gasteiger partial charge in [-0.05, 0) is 109 Å². The summed E-state index contributed by atoms with van der Waals surface area (Å²) >= 11 is 0. The predicted molar refractivity (Wildman–Crippen MR) is 182 cm³/mol. The lowest BCUT2D eigenvalue weighted by atomic mass is 9.54. The molecular weight excluding hydrogens is 587 g/mol. The Bertz CT molecular complexity index is 972. The van der Waals surface area contributed by atoms with Crippen LogP contribution in [-0.4, -0.2) is 33.4 Å². The van der Waals surface area contributed by atoms with Crippen LogP contribution >= 0.6 is 0 Å². The molecule has 8 heteroatoms. The van der Waals surface area contributed by atoms with Crippen LogP contribution in [0.3, 0.4) is 0 Å².